The minimum absolute atomic E-state index is 0.119. The molecule has 0 radical (unpaired) electrons. The molecule has 1 aliphatic rings. The highest BCUT2D eigenvalue weighted by atomic mass is 16.4. The lowest BCUT2D eigenvalue weighted by atomic mass is 9.93. The first kappa shape index (κ1) is 18.4. The maximum atomic E-state index is 12.8. The summed E-state index contributed by atoms with van der Waals surface area (Å²) in [5.74, 6) is -0.803. The number of hydrogen-bond acceptors (Lipinski definition) is 2. The van der Waals surface area contributed by atoms with Crippen LogP contribution in [0.3, 0.4) is 0 Å². The molecule has 3 heteroatoms. The predicted octanol–water partition coefficient (Wildman–Crippen LogP) is 4.84. The van der Waals surface area contributed by atoms with E-state index in [9.17, 15) is 14.7 Å². The fraction of sp³-hybridized carbons (Fsp3) is 0.391. The van der Waals surface area contributed by atoms with Gasteiger partial charge in [0, 0.05) is 11.1 Å². The van der Waals surface area contributed by atoms with E-state index in [1.54, 1.807) is 0 Å². The van der Waals surface area contributed by atoms with Gasteiger partial charge in [0.2, 0.25) is 0 Å². The van der Waals surface area contributed by atoms with E-state index < -0.39 is 5.97 Å². The predicted molar refractivity (Wildman–Crippen MR) is 103 cm³/mol. The molecule has 136 valence electrons. The highest BCUT2D eigenvalue weighted by Crippen LogP contribution is 2.26. The van der Waals surface area contributed by atoms with E-state index in [1.807, 2.05) is 43.3 Å². The molecule has 1 N–H and O–H groups in total. The minimum Gasteiger partial charge on any atom is -0.481 e. The molecule has 0 aliphatic heterocycles. The van der Waals surface area contributed by atoms with Crippen LogP contribution < -0.4 is 0 Å². The Morgan fingerprint density at radius 1 is 1.04 bits per heavy atom. The van der Waals surface area contributed by atoms with Gasteiger partial charge in [-0.25, -0.2) is 0 Å². The molecule has 0 spiro atoms. The number of fused-ring (bicyclic) bond motifs is 2. The number of rotatable bonds is 7. The molecule has 0 saturated heterocycles. The summed E-state index contributed by atoms with van der Waals surface area (Å²) in [7, 11) is 0. The SMILES string of the molecule is CCCC(CCCc1ccc2c(c1)CCc1ccccc1C2=O)C(=O)O. The zero-order valence-electron chi connectivity index (χ0n) is 15.3. The van der Waals surface area contributed by atoms with E-state index in [2.05, 4.69) is 6.07 Å². The molecule has 0 amide bonds. The molecule has 1 unspecified atom stereocenters. The maximum Gasteiger partial charge on any atom is 0.306 e. The number of benzene rings is 2. The molecule has 1 aliphatic carbocycles. The number of carboxylic acid groups (broad SMARTS) is 1. The van der Waals surface area contributed by atoms with Crippen molar-refractivity contribution < 1.29 is 14.7 Å². The Bertz CT molecular complexity index is 807. The van der Waals surface area contributed by atoms with Crippen LogP contribution in [0.15, 0.2) is 42.5 Å². The van der Waals surface area contributed by atoms with Gasteiger partial charge in [0.15, 0.2) is 5.78 Å². The Labute approximate surface area is 155 Å². The summed E-state index contributed by atoms with van der Waals surface area (Å²) in [6, 6.07) is 14.0. The third-order valence-electron chi connectivity index (χ3n) is 5.34. The highest BCUT2D eigenvalue weighted by molar-refractivity contribution is 6.11. The van der Waals surface area contributed by atoms with E-state index >= 15 is 0 Å². The standard InChI is InChI=1S/C23H26O3/c1-2-6-18(23(25)26)9-5-7-16-11-14-21-19(15-16)13-12-17-8-3-4-10-20(17)22(21)24/h3-4,8,10-11,14-15,18H,2,5-7,9,12-13H2,1H3,(H,25,26). The lowest BCUT2D eigenvalue weighted by Crippen LogP contribution is -2.13. The van der Waals surface area contributed by atoms with Crippen LogP contribution in [0.25, 0.3) is 0 Å². The number of aliphatic carboxylic acids is 1. The lowest BCUT2D eigenvalue weighted by Gasteiger charge is -2.12. The van der Waals surface area contributed by atoms with Crippen LogP contribution in [0, 0.1) is 5.92 Å². The second kappa shape index (κ2) is 8.31. The Hall–Kier alpha value is -2.42. The fourth-order valence-electron chi connectivity index (χ4n) is 3.90. The molecule has 2 aromatic rings. The third kappa shape index (κ3) is 4.04. The monoisotopic (exact) mass is 350 g/mol. The van der Waals surface area contributed by atoms with Crippen LogP contribution in [0.2, 0.25) is 0 Å². The van der Waals surface area contributed by atoms with Crippen molar-refractivity contribution in [2.75, 3.05) is 0 Å². The average Bonchev–Trinajstić information content (AvgIpc) is 2.78. The molecule has 3 rings (SSSR count). The molecular weight excluding hydrogens is 324 g/mol. The zero-order chi connectivity index (χ0) is 18.5. The Balaban J connectivity index is 1.70. The topological polar surface area (TPSA) is 54.4 Å². The number of carbonyl (C=O) groups is 2. The summed E-state index contributed by atoms with van der Waals surface area (Å²) in [5, 5.41) is 9.27. The molecular formula is C23H26O3. The number of carbonyl (C=O) groups excluding carboxylic acids is 1. The molecule has 26 heavy (non-hydrogen) atoms. The molecule has 0 aromatic heterocycles. The fourth-order valence-corrected chi connectivity index (χ4v) is 3.90. The molecule has 0 saturated carbocycles. The van der Waals surface area contributed by atoms with Crippen molar-refractivity contribution in [2.24, 2.45) is 5.92 Å². The van der Waals surface area contributed by atoms with Crippen molar-refractivity contribution in [3.05, 3.63) is 70.3 Å². The van der Waals surface area contributed by atoms with Gasteiger partial charge in [-0.1, -0.05) is 55.8 Å². The molecule has 1 atom stereocenters. The number of aryl methyl sites for hydroxylation is 3. The first-order chi connectivity index (χ1) is 12.6. The van der Waals surface area contributed by atoms with Gasteiger partial charge in [0.1, 0.15) is 0 Å². The van der Waals surface area contributed by atoms with Crippen LogP contribution in [0.1, 0.15) is 65.2 Å². The van der Waals surface area contributed by atoms with Crippen molar-refractivity contribution in [1.82, 2.24) is 0 Å². The zero-order valence-corrected chi connectivity index (χ0v) is 15.3. The van der Waals surface area contributed by atoms with Gasteiger partial charge in [-0.3, -0.25) is 9.59 Å². The summed E-state index contributed by atoms with van der Waals surface area (Å²) in [4.78, 5) is 24.1. The van der Waals surface area contributed by atoms with Crippen LogP contribution >= 0.6 is 0 Å². The van der Waals surface area contributed by atoms with E-state index in [0.717, 1.165) is 60.8 Å². The van der Waals surface area contributed by atoms with Crippen molar-refractivity contribution in [3.63, 3.8) is 0 Å². The third-order valence-corrected chi connectivity index (χ3v) is 5.34. The molecule has 0 heterocycles. The second-order valence-corrected chi connectivity index (χ2v) is 7.19. The highest BCUT2D eigenvalue weighted by Gasteiger charge is 2.21. The second-order valence-electron chi connectivity index (χ2n) is 7.19. The quantitative estimate of drug-likeness (QED) is 0.777. The van der Waals surface area contributed by atoms with E-state index in [1.165, 1.54) is 5.56 Å². The van der Waals surface area contributed by atoms with Crippen molar-refractivity contribution in [3.8, 4) is 0 Å². The van der Waals surface area contributed by atoms with Crippen LogP contribution in [0.4, 0.5) is 0 Å². The summed E-state index contributed by atoms with van der Waals surface area (Å²) < 4.78 is 0. The number of hydrogen-bond donors (Lipinski definition) is 1. The normalized spacial score (nSPS) is 14.3. The largest absolute Gasteiger partial charge is 0.481 e. The first-order valence-corrected chi connectivity index (χ1v) is 9.57. The van der Waals surface area contributed by atoms with E-state index in [4.69, 9.17) is 0 Å². The summed E-state index contributed by atoms with van der Waals surface area (Å²) in [5.41, 5.74) is 5.07. The van der Waals surface area contributed by atoms with E-state index in [0.29, 0.717) is 6.42 Å². The van der Waals surface area contributed by atoms with Crippen molar-refractivity contribution in [2.45, 2.75) is 51.9 Å². The smallest absolute Gasteiger partial charge is 0.306 e. The van der Waals surface area contributed by atoms with Crippen molar-refractivity contribution in [1.29, 1.82) is 0 Å². The van der Waals surface area contributed by atoms with Crippen molar-refractivity contribution >= 4 is 11.8 Å². The van der Waals surface area contributed by atoms with Gasteiger partial charge < -0.3 is 5.11 Å². The molecule has 0 bridgehead atoms. The summed E-state index contributed by atoms with van der Waals surface area (Å²) in [6.45, 7) is 2.03. The Kier molecular flexibility index (Phi) is 5.87. The first-order valence-electron chi connectivity index (χ1n) is 9.57. The average molecular weight is 350 g/mol. The van der Waals surface area contributed by atoms with E-state index in [-0.39, 0.29) is 11.7 Å². The Morgan fingerprint density at radius 2 is 1.77 bits per heavy atom. The molecule has 0 fully saturated rings. The van der Waals surface area contributed by atoms with Gasteiger partial charge in [0.25, 0.3) is 0 Å². The maximum absolute atomic E-state index is 12.8. The number of carboxylic acids is 1. The van der Waals surface area contributed by atoms with Gasteiger partial charge in [-0.15, -0.1) is 0 Å². The Morgan fingerprint density at radius 3 is 2.54 bits per heavy atom. The minimum atomic E-state index is -0.683. The summed E-state index contributed by atoms with van der Waals surface area (Å²) in [6.07, 6.45) is 5.84. The van der Waals surface area contributed by atoms with Gasteiger partial charge in [-0.2, -0.15) is 0 Å². The molecule has 2 aromatic carbocycles. The van der Waals surface area contributed by atoms with Gasteiger partial charge >= 0.3 is 5.97 Å². The van der Waals surface area contributed by atoms with Gasteiger partial charge in [0.05, 0.1) is 5.92 Å². The van der Waals surface area contributed by atoms with Gasteiger partial charge in [-0.05, 0) is 55.2 Å². The molecule has 3 nitrogen and oxygen atoms in total. The number of ketones is 1. The van der Waals surface area contributed by atoms with Crippen LogP contribution in [0.5, 0.6) is 0 Å². The lowest BCUT2D eigenvalue weighted by molar-refractivity contribution is -0.142. The van der Waals surface area contributed by atoms with Crippen LogP contribution in [-0.4, -0.2) is 16.9 Å². The summed E-state index contributed by atoms with van der Waals surface area (Å²) >= 11 is 0. The van der Waals surface area contributed by atoms with Crippen LogP contribution in [-0.2, 0) is 24.1 Å².